The van der Waals surface area contributed by atoms with Gasteiger partial charge in [-0.2, -0.15) is 4.98 Å². The maximum atomic E-state index is 6.10. The summed E-state index contributed by atoms with van der Waals surface area (Å²) >= 11 is 12.0. The third kappa shape index (κ3) is 2.48. The number of para-hydroxylation sites is 1. The average molecular weight is 305 g/mol. The van der Waals surface area contributed by atoms with Gasteiger partial charge in [-0.1, -0.05) is 35.3 Å². The van der Waals surface area contributed by atoms with E-state index in [2.05, 4.69) is 15.3 Å². The summed E-state index contributed by atoms with van der Waals surface area (Å²) in [6.45, 7) is 0. The minimum atomic E-state index is 0.380. The Balaban J connectivity index is 2.05. The SMILES string of the molecule is Nc1nc(Nc2cc(Cl)ccc2Cl)nc2ccccc12. The van der Waals surface area contributed by atoms with Gasteiger partial charge >= 0.3 is 0 Å². The monoisotopic (exact) mass is 304 g/mol. The molecule has 0 saturated heterocycles. The van der Waals surface area contributed by atoms with E-state index >= 15 is 0 Å². The van der Waals surface area contributed by atoms with Crippen LogP contribution in [0.5, 0.6) is 0 Å². The number of nitrogens with one attached hydrogen (secondary N) is 1. The minimum absolute atomic E-state index is 0.380. The molecule has 0 fully saturated rings. The number of benzene rings is 2. The zero-order chi connectivity index (χ0) is 14.1. The zero-order valence-corrected chi connectivity index (χ0v) is 11.8. The number of nitrogen functional groups attached to an aromatic ring is 1. The van der Waals surface area contributed by atoms with E-state index in [0.717, 1.165) is 10.9 Å². The number of fused-ring (bicyclic) bond motifs is 1. The first-order chi connectivity index (χ1) is 9.63. The highest BCUT2D eigenvalue weighted by Gasteiger charge is 2.07. The van der Waals surface area contributed by atoms with Crippen molar-refractivity contribution in [1.29, 1.82) is 0 Å². The molecule has 100 valence electrons. The van der Waals surface area contributed by atoms with E-state index < -0.39 is 0 Å². The second kappa shape index (κ2) is 5.15. The molecule has 1 heterocycles. The number of rotatable bonds is 2. The molecule has 3 N–H and O–H groups in total. The van der Waals surface area contributed by atoms with Crippen LogP contribution in [0.1, 0.15) is 0 Å². The van der Waals surface area contributed by atoms with Crippen LogP contribution >= 0.6 is 23.2 Å². The number of nitrogens with two attached hydrogens (primary N) is 1. The van der Waals surface area contributed by atoms with E-state index in [1.807, 2.05) is 24.3 Å². The quantitative estimate of drug-likeness (QED) is 0.742. The number of anilines is 3. The van der Waals surface area contributed by atoms with Gasteiger partial charge in [-0.05, 0) is 30.3 Å². The highest BCUT2D eigenvalue weighted by Crippen LogP contribution is 2.28. The Hall–Kier alpha value is -2.04. The fourth-order valence-corrected chi connectivity index (χ4v) is 2.21. The molecule has 0 saturated carbocycles. The molecule has 0 amide bonds. The van der Waals surface area contributed by atoms with E-state index in [1.54, 1.807) is 18.2 Å². The van der Waals surface area contributed by atoms with Crippen molar-refractivity contribution in [2.45, 2.75) is 0 Å². The Bertz CT molecular complexity index is 789. The van der Waals surface area contributed by atoms with Gasteiger partial charge in [-0.15, -0.1) is 0 Å². The van der Waals surface area contributed by atoms with Gasteiger partial charge in [0.05, 0.1) is 16.2 Å². The lowest BCUT2D eigenvalue weighted by molar-refractivity contribution is 1.22. The van der Waals surface area contributed by atoms with Crippen LogP contribution in [0.4, 0.5) is 17.5 Å². The van der Waals surface area contributed by atoms with Crippen LogP contribution in [0.3, 0.4) is 0 Å². The van der Waals surface area contributed by atoms with Crippen LogP contribution in [-0.2, 0) is 0 Å². The summed E-state index contributed by atoms with van der Waals surface area (Å²) in [4.78, 5) is 8.62. The predicted molar refractivity (Wildman–Crippen MR) is 83.7 cm³/mol. The highest BCUT2D eigenvalue weighted by molar-refractivity contribution is 6.35. The molecule has 3 rings (SSSR count). The summed E-state index contributed by atoms with van der Waals surface area (Å²) in [5.74, 6) is 0.793. The van der Waals surface area contributed by atoms with Crippen molar-refractivity contribution in [3.63, 3.8) is 0 Å². The topological polar surface area (TPSA) is 63.8 Å². The molecule has 0 bridgehead atoms. The van der Waals surface area contributed by atoms with Crippen molar-refractivity contribution in [3.8, 4) is 0 Å². The van der Waals surface area contributed by atoms with Crippen LogP contribution in [0, 0.1) is 0 Å². The predicted octanol–water partition coefficient (Wildman–Crippen LogP) is 4.26. The van der Waals surface area contributed by atoms with Crippen molar-refractivity contribution in [2.24, 2.45) is 0 Å². The van der Waals surface area contributed by atoms with Gasteiger partial charge in [0.1, 0.15) is 5.82 Å². The summed E-state index contributed by atoms with van der Waals surface area (Å²) in [7, 11) is 0. The molecule has 3 aromatic rings. The fraction of sp³-hybridized carbons (Fsp3) is 0. The smallest absolute Gasteiger partial charge is 0.229 e. The Morgan fingerprint density at radius 2 is 1.80 bits per heavy atom. The van der Waals surface area contributed by atoms with E-state index in [4.69, 9.17) is 28.9 Å². The van der Waals surface area contributed by atoms with Crippen molar-refractivity contribution in [1.82, 2.24) is 9.97 Å². The summed E-state index contributed by atoms with van der Waals surface area (Å²) in [5, 5.41) is 4.95. The number of halogens is 2. The van der Waals surface area contributed by atoms with Gasteiger partial charge in [0.25, 0.3) is 0 Å². The molecular formula is C14H10Cl2N4. The molecule has 6 heteroatoms. The molecule has 0 aliphatic heterocycles. The molecule has 0 atom stereocenters. The van der Waals surface area contributed by atoms with Crippen LogP contribution < -0.4 is 11.1 Å². The molecule has 2 aromatic carbocycles. The number of aromatic nitrogens is 2. The van der Waals surface area contributed by atoms with Crippen molar-refractivity contribution >= 4 is 51.6 Å². The largest absolute Gasteiger partial charge is 0.383 e. The van der Waals surface area contributed by atoms with Gasteiger partial charge in [0, 0.05) is 10.4 Å². The second-order valence-corrected chi connectivity index (χ2v) is 5.04. The number of hydrogen-bond acceptors (Lipinski definition) is 4. The van der Waals surface area contributed by atoms with E-state index in [1.165, 1.54) is 0 Å². The molecule has 20 heavy (non-hydrogen) atoms. The highest BCUT2D eigenvalue weighted by atomic mass is 35.5. The van der Waals surface area contributed by atoms with Gasteiger partial charge in [0.15, 0.2) is 0 Å². The standard InChI is InChI=1S/C14H10Cl2N4/c15-8-5-6-10(16)12(7-8)19-14-18-11-4-2-1-3-9(11)13(17)20-14/h1-7H,(H3,17,18,19,20). The zero-order valence-electron chi connectivity index (χ0n) is 10.3. The number of nitrogens with zero attached hydrogens (tertiary/aromatic N) is 2. The first-order valence-electron chi connectivity index (χ1n) is 5.88. The lowest BCUT2D eigenvalue weighted by Crippen LogP contribution is -2.01. The van der Waals surface area contributed by atoms with E-state index in [-0.39, 0.29) is 0 Å². The summed E-state index contributed by atoms with van der Waals surface area (Å²) in [6.07, 6.45) is 0. The minimum Gasteiger partial charge on any atom is -0.383 e. The first kappa shape index (κ1) is 13.0. The maximum absolute atomic E-state index is 6.10. The van der Waals surface area contributed by atoms with Gasteiger partial charge in [-0.3, -0.25) is 0 Å². The van der Waals surface area contributed by atoms with Gasteiger partial charge < -0.3 is 11.1 Å². The fourth-order valence-electron chi connectivity index (χ4n) is 1.87. The van der Waals surface area contributed by atoms with Crippen LogP contribution in [0.15, 0.2) is 42.5 Å². The van der Waals surface area contributed by atoms with E-state index in [9.17, 15) is 0 Å². The molecule has 0 unspecified atom stereocenters. The molecule has 1 aromatic heterocycles. The lowest BCUT2D eigenvalue weighted by Gasteiger charge is -2.09. The Morgan fingerprint density at radius 1 is 1.00 bits per heavy atom. The van der Waals surface area contributed by atoms with E-state index in [0.29, 0.717) is 27.5 Å². The summed E-state index contributed by atoms with van der Waals surface area (Å²) < 4.78 is 0. The lowest BCUT2D eigenvalue weighted by atomic mass is 10.2. The normalized spacial score (nSPS) is 10.7. The van der Waals surface area contributed by atoms with Crippen LogP contribution in [0.25, 0.3) is 10.9 Å². The molecular weight excluding hydrogens is 295 g/mol. The third-order valence-corrected chi connectivity index (χ3v) is 3.37. The van der Waals surface area contributed by atoms with Crippen molar-refractivity contribution < 1.29 is 0 Å². The molecule has 0 spiro atoms. The summed E-state index contributed by atoms with van der Waals surface area (Å²) in [6, 6.07) is 12.7. The number of hydrogen-bond donors (Lipinski definition) is 2. The van der Waals surface area contributed by atoms with Gasteiger partial charge in [-0.25, -0.2) is 4.98 Å². The Morgan fingerprint density at radius 3 is 2.65 bits per heavy atom. The molecule has 0 aliphatic carbocycles. The summed E-state index contributed by atoms with van der Waals surface area (Å²) in [5.41, 5.74) is 7.33. The third-order valence-electron chi connectivity index (χ3n) is 2.81. The molecule has 0 aliphatic rings. The van der Waals surface area contributed by atoms with Gasteiger partial charge in [0.2, 0.25) is 5.95 Å². The Labute approximate surface area is 125 Å². The molecule has 4 nitrogen and oxygen atoms in total. The Kier molecular flexibility index (Phi) is 3.34. The van der Waals surface area contributed by atoms with Crippen molar-refractivity contribution in [2.75, 3.05) is 11.1 Å². The van der Waals surface area contributed by atoms with Crippen LogP contribution in [0.2, 0.25) is 10.0 Å². The molecule has 0 radical (unpaired) electrons. The van der Waals surface area contributed by atoms with Crippen LogP contribution in [-0.4, -0.2) is 9.97 Å². The average Bonchev–Trinajstić information content (AvgIpc) is 2.43. The first-order valence-corrected chi connectivity index (χ1v) is 6.63. The van der Waals surface area contributed by atoms with Crippen molar-refractivity contribution in [3.05, 3.63) is 52.5 Å². The second-order valence-electron chi connectivity index (χ2n) is 4.20. The maximum Gasteiger partial charge on any atom is 0.229 e.